The lowest BCUT2D eigenvalue weighted by molar-refractivity contribution is 0.0594. The maximum atomic E-state index is 14.4. The maximum Gasteiger partial charge on any atom is 0.358 e. The van der Waals surface area contributed by atoms with Gasteiger partial charge in [-0.1, -0.05) is 23.2 Å². The average Bonchev–Trinajstić information content (AvgIpc) is 2.48. The molecule has 2 rings (SSSR count). The normalized spacial score (nSPS) is 10.6. The van der Waals surface area contributed by atoms with Gasteiger partial charge in [0.15, 0.2) is 5.69 Å². The second kappa shape index (κ2) is 6.00. The topological polar surface area (TPSA) is 39.2 Å². The minimum absolute atomic E-state index is 0.0543. The monoisotopic (exact) mass is 327 g/mol. The Balaban J connectivity index is 2.66. The zero-order chi connectivity index (χ0) is 15.7. The van der Waals surface area contributed by atoms with Crippen LogP contribution < -0.4 is 0 Å². The molecule has 0 bridgehead atoms. The number of rotatable bonds is 2. The van der Waals surface area contributed by atoms with Crippen LogP contribution in [0.2, 0.25) is 10.0 Å². The first-order valence-electron chi connectivity index (χ1n) is 6.07. The molecule has 110 valence electrons. The summed E-state index contributed by atoms with van der Waals surface area (Å²) in [5.74, 6) is -1.15. The summed E-state index contributed by atoms with van der Waals surface area (Å²) < 4.78 is 19.0. The molecular weight excluding hydrogens is 316 g/mol. The standard InChI is InChI=1S/C15H12Cl2FNO2/c1-7-6-9(13(18)8(2)12(7)17)11-5-4-10(16)14(19-11)15(20)21-3/h4-6H,1-3H3. The third kappa shape index (κ3) is 2.87. The van der Waals surface area contributed by atoms with E-state index in [1.54, 1.807) is 26.0 Å². The van der Waals surface area contributed by atoms with Crippen LogP contribution in [0, 0.1) is 19.7 Å². The molecule has 21 heavy (non-hydrogen) atoms. The summed E-state index contributed by atoms with van der Waals surface area (Å²) in [7, 11) is 1.23. The molecule has 0 radical (unpaired) electrons. The summed E-state index contributed by atoms with van der Waals surface area (Å²) in [6.45, 7) is 3.36. The first-order valence-corrected chi connectivity index (χ1v) is 6.82. The van der Waals surface area contributed by atoms with Gasteiger partial charge in [0.05, 0.1) is 17.8 Å². The lowest BCUT2D eigenvalue weighted by Gasteiger charge is -2.11. The van der Waals surface area contributed by atoms with Gasteiger partial charge in [0, 0.05) is 16.1 Å². The second-order valence-electron chi connectivity index (χ2n) is 4.51. The van der Waals surface area contributed by atoms with Crippen molar-refractivity contribution < 1.29 is 13.9 Å². The molecule has 2 aromatic rings. The molecular formula is C15H12Cl2FNO2. The fourth-order valence-electron chi connectivity index (χ4n) is 1.96. The molecule has 0 saturated carbocycles. The Morgan fingerprint density at radius 2 is 1.95 bits per heavy atom. The molecule has 1 heterocycles. The third-order valence-corrected chi connectivity index (χ3v) is 3.99. The highest BCUT2D eigenvalue weighted by Crippen LogP contribution is 2.32. The van der Waals surface area contributed by atoms with Gasteiger partial charge in [-0.2, -0.15) is 0 Å². The summed E-state index contributed by atoms with van der Waals surface area (Å²) in [5.41, 5.74) is 1.56. The van der Waals surface area contributed by atoms with E-state index in [4.69, 9.17) is 23.2 Å². The molecule has 0 fully saturated rings. The number of carbonyl (C=O) groups excluding carboxylic acids is 1. The van der Waals surface area contributed by atoms with Crippen LogP contribution in [0.5, 0.6) is 0 Å². The molecule has 1 aromatic heterocycles. The Kier molecular flexibility index (Phi) is 4.49. The molecule has 6 heteroatoms. The van der Waals surface area contributed by atoms with Gasteiger partial charge in [0.2, 0.25) is 0 Å². The smallest absolute Gasteiger partial charge is 0.358 e. The van der Waals surface area contributed by atoms with Crippen molar-refractivity contribution in [2.75, 3.05) is 7.11 Å². The molecule has 0 amide bonds. The van der Waals surface area contributed by atoms with E-state index < -0.39 is 11.8 Å². The number of ether oxygens (including phenoxy) is 1. The molecule has 3 nitrogen and oxygen atoms in total. The van der Waals surface area contributed by atoms with Crippen LogP contribution >= 0.6 is 23.2 Å². The zero-order valence-corrected chi connectivity index (χ0v) is 13.1. The highest BCUT2D eigenvalue weighted by Gasteiger charge is 2.18. The van der Waals surface area contributed by atoms with Crippen LogP contribution in [-0.4, -0.2) is 18.1 Å². The second-order valence-corrected chi connectivity index (χ2v) is 5.30. The number of nitrogens with zero attached hydrogens (tertiary/aromatic N) is 1. The number of benzene rings is 1. The number of hydrogen-bond acceptors (Lipinski definition) is 3. The van der Waals surface area contributed by atoms with Crippen molar-refractivity contribution in [2.45, 2.75) is 13.8 Å². The molecule has 0 saturated heterocycles. The van der Waals surface area contributed by atoms with Gasteiger partial charge in [-0.15, -0.1) is 0 Å². The summed E-state index contributed by atoms with van der Waals surface area (Å²) in [6.07, 6.45) is 0. The molecule has 0 aliphatic rings. The van der Waals surface area contributed by atoms with Gasteiger partial charge < -0.3 is 4.74 Å². The van der Waals surface area contributed by atoms with E-state index in [9.17, 15) is 9.18 Å². The van der Waals surface area contributed by atoms with Gasteiger partial charge in [-0.25, -0.2) is 14.2 Å². The molecule has 0 unspecified atom stereocenters. The van der Waals surface area contributed by atoms with E-state index in [0.717, 1.165) is 5.56 Å². The number of carbonyl (C=O) groups is 1. The molecule has 0 atom stereocenters. The Labute approximate surface area is 131 Å². The fraction of sp³-hybridized carbons (Fsp3) is 0.200. The number of hydrogen-bond donors (Lipinski definition) is 0. The van der Waals surface area contributed by atoms with Gasteiger partial charge in [-0.3, -0.25) is 0 Å². The molecule has 0 aliphatic carbocycles. The van der Waals surface area contributed by atoms with E-state index >= 15 is 0 Å². The number of aromatic nitrogens is 1. The van der Waals surface area contributed by atoms with Crippen LogP contribution in [0.15, 0.2) is 18.2 Å². The van der Waals surface area contributed by atoms with Gasteiger partial charge in [-0.05, 0) is 37.6 Å². The number of aryl methyl sites for hydroxylation is 1. The van der Waals surface area contributed by atoms with E-state index in [-0.39, 0.29) is 16.3 Å². The maximum absolute atomic E-state index is 14.4. The highest BCUT2D eigenvalue weighted by molar-refractivity contribution is 6.33. The Morgan fingerprint density at radius 3 is 2.57 bits per heavy atom. The molecule has 0 spiro atoms. The van der Waals surface area contributed by atoms with E-state index in [1.807, 2.05) is 0 Å². The van der Waals surface area contributed by atoms with Crippen LogP contribution in [0.3, 0.4) is 0 Å². The van der Waals surface area contributed by atoms with Crippen LogP contribution in [0.25, 0.3) is 11.3 Å². The van der Waals surface area contributed by atoms with Crippen molar-refractivity contribution in [1.82, 2.24) is 4.98 Å². The van der Waals surface area contributed by atoms with E-state index in [2.05, 4.69) is 9.72 Å². The average molecular weight is 328 g/mol. The lowest BCUT2D eigenvalue weighted by atomic mass is 10.0. The minimum Gasteiger partial charge on any atom is -0.464 e. The number of esters is 1. The fourth-order valence-corrected chi connectivity index (χ4v) is 2.28. The summed E-state index contributed by atoms with van der Waals surface area (Å²) in [4.78, 5) is 15.7. The minimum atomic E-state index is -0.676. The first-order chi connectivity index (χ1) is 9.86. The predicted molar refractivity (Wildman–Crippen MR) is 80.5 cm³/mol. The van der Waals surface area contributed by atoms with Crippen LogP contribution in [-0.2, 0) is 4.74 Å². The zero-order valence-electron chi connectivity index (χ0n) is 11.6. The summed E-state index contributed by atoms with van der Waals surface area (Å²) in [5, 5.41) is 0.520. The largest absolute Gasteiger partial charge is 0.464 e. The molecule has 0 aliphatic heterocycles. The summed E-state index contributed by atoms with van der Waals surface area (Å²) >= 11 is 11.9. The van der Waals surface area contributed by atoms with Crippen molar-refractivity contribution >= 4 is 29.2 Å². The third-order valence-electron chi connectivity index (χ3n) is 3.10. The van der Waals surface area contributed by atoms with Crippen molar-refractivity contribution in [3.63, 3.8) is 0 Å². The SMILES string of the molecule is COC(=O)c1nc(-c2cc(C)c(Cl)c(C)c2F)ccc1Cl. The molecule has 0 N–H and O–H groups in total. The first kappa shape index (κ1) is 15.7. The highest BCUT2D eigenvalue weighted by atomic mass is 35.5. The Hall–Kier alpha value is -1.65. The quantitative estimate of drug-likeness (QED) is 0.757. The van der Waals surface area contributed by atoms with Gasteiger partial charge >= 0.3 is 5.97 Å². The van der Waals surface area contributed by atoms with Crippen molar-refractivity contribution in [3.8, 4) is 11.3 Å². The predicted octanol–water partition coefficient (Wildman–Crippen LogP) is 4.60. The number of pyridine rings is 1. The number of halogens is 3. The van der Waals surface area contributed by atoms with E-state index in [0.29, 0.717) is 16.3 Å². The van der Waals surface area contributed by atoms with Crippen molar-refractivity contribution in [2.24, 2.45) is 0 Å². The van der Waals surface area contributed by atoms with Gasteiger partial charge in [0.25, 0.3) is 0 Å². The Bertz CT molecular complexity index is 732. The summed E-state index contributed by atoms with van der Waals surface area (Å²) in [6, 6.07) is 4.61. The molecule has 1 aromatic carbocycles. The van der Waals surface area contributed by atoms with Crippen LogP contribution in [0.1, 0.15) is 21.6 Å². The van der Waals surface area contributed by atoms with Crippen molar-refractivity contribution in [3.05, 3.63) is 50.9 Å². The van der Waals surface area contributed by atoms with Crippen LogP contribution in [0.4, 0.5) is 4.39 Å². The van der Waals surface area contributed by atoms with E-state index in [1.165, 1.54) is 13.2 Å². The Morgan fingerprint density at radius 1 is 1.29 bits per heavy atom. The van der Waals surface area contributed by atoms with Gasteiger partial charge in [0.1, 0.15) is 5.82 Å². The van der Waals surface area contributed by atoms with Crippen molar-refractivity contribution in [1.29, 1.82) is 0 Å². The lowest BCUT2D eigenvalue weighted by Crippen LogP contribution is -2.06. The number of methoxy groups -OCH3 is 1.